The Kier molecular flexibility index (Phi) is 8.61. The minimum Gasteiger partial charge on any atom is -0.446 e. The number of hydrogen-bond donors (Lipinski definition) is 4. The van der Waals surface area contributed by atoms with Crippen LogP contribution < -0.4 is 10.6 Å². The molecule has 6 atom stereocenters. The normalized spacial score (nSPS) is 34.9. The predicted molar refractivity (Wildman–Crippen MR) is 138 cm³/mol. The fourth-order valence-corrected chi connectivity index (χ4v) is 7.43. The van der Waals surface area contributed by atoms with E-state index in [-0.39, 0.29) is 48.3 Å². The Balaban J connectivity index is 1.42. The zero-order valence-electron chi connectivity index (χ0n) is 21.9. The van der Waals surface area contributed by atoms with E-state index in [1.807, 2.05) is 37.3 Å². The molecule has 7 nitrogen and oxygen atoms in total. The van der Waals surface area contributed by atoms with Crippen LogP contribution in [0.2, 0.25) is 0 Å². The van der Waals surface area contributed by atoms with E-state index in [1.54, 1.807) is 0 Å². The average molecular weight is 501 g/mol. The Morgan fingerprint density at radius 2 is 1.75 bits per heavy atom. The van der Waals surface area contributed by atoms with E-state index in [0.29, 0.717) is 19.4 Å². The van der Waals surface area contributed by atoms with Gasteiger partial charge in [0, 0.05) is 24.4 Å². The number of ether oxygens (including phenoxy) is 1. The molecule has 1 aromatic carbocycles. The summed E-state index contributed by atoms with van der Waals surface area (Å²) in [7, 11) is 0. The fourth-order valence-electron chi connectivity index (χ4n) is 7.43. The third-order valence-electron chi connectivity index (χ3n) is 9.59. The molecule has 7 heteroatoms. The monoisotopic (exact) mass is 500 g/mol. The van der Waals surface area contributed by atoms with Crippen molar-refractivity contribution in [2.24, 2.45) is 22.7 Å². The van der Waals surface area contributed by atoms with E-state index in [9.17, 15) is 19.8 Å². The Morgan fingerprint density at radius 1 is 1.03 bits per heavy atom. The summed E-state index contributed by atoms with van der Waals surface area (Å²) in [5, 5.41) is 27.7. The molecule has 0 aliphatic heterocycles. The quantitative estimate of drug-likeness (QED) is 0.446. The number of nitrogens with one attached hydrogen (secondary N) is 2. The van der Waals surface area contributed by atoms with Gasteiger partial charge in [0.1, 0.15) is 6.10 Å². The van der Waals surface area contributed by atoms with Crippen LogP contribution in [0.4, 0.5) is 4.79 Å². The maximum Gasteiger partial charge on any atom is 0.407 e. The first-order chi connectivity index (χ1) is 17.3. The highest BCUT2D eigenvalue weighted by Gasteiger charge is 2.60. The van der Waals surface area contributed by atoms with Crippen LogP contribution in [0.15, 0.2) is 30.3 Å². The Labute approximate surface area is 215 Å². The summed E-state index contributed by atoms with van der Waals surface area (Å²) >= 11 is 0. The van der Waals surface area contributed by atoms with Gasteiger partial charge in [-0.25, -0.2) is 4.79 Å². The van der Waals surface area contributed by atoms with Gasteiger partial charge in [-0.15, -0.1) is 0 Å². The van der Waals surface area contributed by atoms with Gasteiger partial charge < -0.3 is 25.6 Å². The second-order valence-corrected chi connectivity index (χ2v) is 11.9. The molecule has 6 unspecified atom stereocenters. The highest BCUT2D eigenvalue weighted by molar-refractivity contribution is 5.76. The lowest BCUT2D eigenvalue weighted by Gasteiger charge is -2.60. The van der Waals surface area contributed by atoms with Crippen molar-refractivity contribution < 1.29 is 24.5 Å². The van der Waals surface area contributed by atoms with Gasteiger partial charge in [-0.2, -0.15) is 0 Å². The molecule has 0 aromatic heterocycles. The van der Waals surface area contributed by atoms with Gasteiger partial charge in [0.25, 0.3) is 0 Å². The van der Waals surface area contributed by atoms with E-state index in [4.69, 9.17) is 4.74 Å². The molecule has 3 fully saturated rings. The van der Waals surface area contributed by atoms with Gasteiger partial charge >= 0.3 is 6.09 Å². The number of alkyl carbamates (subject to hydrolysis) is 1. The van der Waals surface area contributed by atoms with Gasteiger partial charge in [0.15, 0.2) is 0 Å². The molecule has 0 radical (unpaired) electrons. The second kappa shape index (κ2) is 11.5. The molecular formula is C29H44N2O5. The molecule has 4 rings (SSSR count). The lowest BCUT2D eigenvalue weighted by molar-refractivity contribution is -0.186. The average Bonchev–Trinajstić information content (AvgIpc) is 2.88. The molecular weight excluding hydrogens is 456 g/mol. The minimum absolute atomic E-state index is 0.0338. The van der Waals surface area contributed by atoms with E-state index in [1.165, 1.54) is 6.42 Å². The van der Waals surface area contributed by atoms with Gasteiger partial charge in [-0.05, 0) is 61.3 Å². The van der Waals surface area contributed by atoms with Crippen molar-refractivity contribution in [2.45, 2.75) is 103 Å². The van der Waals surface area contributed by atoms with Crippen molar-refractivity contribution in [1.82, 2.24) is 10.6 Å². The van der Waals surface area contributed by atoms with Crippen LogP contribution in [0.5, 0.6) is 0 Å². The van der Waals surface area contributed by atoms with Crippen molar-refractivity contribution in [2.75, 3.05) is 6.61 Å². The predicted octanol–water partition coefficient (Wildman–Crippen LogP) is 4.31. The second-order valence-electron chi connectivity index (χ2n) is 11.9. The number of aliphatic hydroxyl groups excluding tert-OH is 2. The summed E-state index contributed by atoms with van der Waals surface area (Å²) in [5.74, 6) is -0.248. The number of amides is 2. The third-order valence-corrected chi connectivity index (χ3v) is 9.59. The molecule has 0 bridgehead atoms. The van der Waals surface area contributed by atoms with Crippen LogP contribution in [0.25, 0.3) is 0 Å². The molecule has 3 aliphatic carbocycles. The summed E-state index contributed by atoms with van der Waals surface area (Å²) < 4.78 is 5.97. The van der Waals surface area contributed by atoms with Crippen molar-refractivity contribution in [3.63, 3.8) is 0 Å². The highest BCUT2D eigenvalue weighted by Crippen LogP contribution is 2.61. The van der Waals surface area contributed by atoms with Gasteiger partial charge in [0.05, 0.1) is 12.7 Å². The van der Waals surface area contributed by atoms with Crippen LogP contribution in [-0.2, 0) is 16.1 Å². The zero-order valence-corrected chi connectivity index (χ0v) is 21.9. The Hall–Kier alpha value is -2.12. The van der Waals surface area contributed by atoms with E-state index in [2.05, 4.69) is 17.6 Å². The van der Waals surface area contributed by atoms with Crippen LogP contribution in [0.3, 0.4) is 0 Å². The first-order valence-electron chi connectivity index (χ1n) is 13.8. The minimum atomic E-state index is -0.629. The summed E-state index contributed by atoms with van der Waals surface area (Å²) in [6, 6.07) is 9.97. The number of fused-ring (bicyclic) bond motifs is 1. The maximum absolute atomic E-state index is 12.9. The summed E-state index contributed by atoms with van der Waals surface area (Å²) in [4.78, 5) is 25.7. The third kappa shape index (κ3) is 5.72. The topological polar surface area (TPSA) is 108 Å². The zero-order chi connectivity index (χ0) is 25.8. The Morgan fingerprint density at radius 3 is 2.44 bits per heavy atom. The number of rotatable bonds is 7. The molecule has 3 saturated carbocycles. The number of aliphatic hydroxyl groups is 2. The molecule has 0 saturated heterocycles. The van der Waals surface area contributed by atoms with Crippen LogP contribution in [-0.4, -0.2) is 47.1 Å². The smallest absolute Gasteiger partial charge is 0.407 e. The maximum atomic E-state index is 12.9. The highest BCUT2D eigenvalue weighted by atomic mass is 16.6. The summed E-state index contributed by atoms with van der Waals surface area (Å²) in [6.45, 7) is 4.53. The largest absolute Gasteiger partial charge is 0.446 e. The van der Waals surface area contributed by atoms with Crippen molar-refractivity contribution in [3.05, 3.63) is 35.9 Å². The number of carbonyl (C=O) groups is 2. The molecule has 36 heavy (non-hydrogen) atoms. The molecule has 2 amide bonds. The number of carbonyl (C=O) groups excluding carboxylic acids is 2. The first kappa shape index (κ1) is 26.9. The van der Waals surface area contributed by atoms with Crippen molar-refractivity contribution in [3.8, 4) is 0 Å². The molecule has 200 valence electrons. The fraction of sp³-hybridized carbons (Fsp3) is 0.724. The lowest BCUT2D eigenvalue weighted by atomic mass is 9.46. The SMILES string of the molecule is CC1(CO)C(OC(=O)NC2CCCCC2)CCC2(C)C(CC(=O)NCc3ccccc3)C(O)CCC12. The molecule has 4 N–H and O–H groups in total. The van der Waals surface area contributed by atoms with Crippen molar-refractivity contribution >= 4 is 12.0 Å². The molecule has 1 aromatic rings. The standard InChI is InChI=1S/C29H44N2O5/c1-28-16-15-25(36-27(35)31-21-11-7-4-8-12-21)29(2,19-32)24(28)14-13-23(33)22(28)17-26(34)30-18-20-9-5-3-6-10-20/h3,5-6,9-10,21-25,32-33H,4,7-8,11-19H2,1-2H3,(H,30,34)(H,31,35). The van der Waals surface area contributed by atoms with Gasteiger partial charge in [0.2, 0.25) is 5.91 Å². The van der Waals surface area contributed by atoms with E-state index in [0.717, 1.165) is 44.1 Å². The van der Waals surface area contributed by atoms with Gasteiger partial charge in [-0.1, -0.05) is 63.4 Å². The van der Waals surface area contributed by atoms with Crippen LogP contribution >= 0.6 is 0 Å². The van der Waals surface area contributed by atoms with Gasteiger partial charge in [-0.3, -0.25) is 4.79 Å². The molecule has 0 spiro atoms. The lowest BCUT2D eigenvalue weighted by Crippen LogP contribution is -2.61. The number of hydrogen-bond acceptors (Lipinski definition) is 5. The van der Waals surface area contributed by atoms with Crippen LogP contribution in [0, 0.1) is 22.7 Å². The molecule has 3 aliphatic rings. The molecule has 0 heterocycles. The first-order valence-corrected chi connectivity index (χ1v) is 13.8. The van der Waals surface area contributed by atoms with Crippen LogP contribution in [0.1, 0.15) is 83.6 Å². The van der Waals surface area contributed by atoms with Crippen molar-refractivity contribution in [1.29, 1.82) is 0 Å². The Bertz CT molecular complexity index is 889. The van der Waals surface area contributed by atoms with E-state index >= 15 is 0 Å². The van der Waals surface area contributed by atoms with E-state index < -0.39 is 17.6 Å². The summed E-state index contributed by atoms with van der Waals surface area (Å²) in [6.07, 6.45) is 7.02. The number of benzene rings is 1. The summed E-state index contributed by atoms with van der Waals surface area (Å²) in [5.41, 5.74) is 0.0746.